The Morgan fingerprint density at radius 2 is 1.73 bits per heavy atom. The SMILES string of the molecule is COC(=O)c1ccc(NC(=O)c2cc3cc(OC)ccc3nc2C)cc1. The third-order valence-corrected chi connectivity index (χ3v) is 4.02. The second-order valence-electron chi connectivity index (χ2n) is 5.70. The normalized spacial score (nSPS) is 10.4. The number of rotatable bonds is 4. The van der Waals surface area contributed by atoms with E-state index in [1.807, 2.05) is 18.2 Å². The van der Waals surface area contributed by atoms with Crippen molar-refractivity contribution >= 4 is 28.5 Å². The lowest BCUT2D eigenvalue weighted by Crippen LogP contribution is -2.14. The summed E-state index contributed by atoms with van der Waals surface area (Å²) in [6, 6.07) is 13.8. The van der Waals surface area contributed by atoms with Crippen molar-refractivity contribution in [3.63, 3.8) is 0 Å². The molecule has 1 N–H and O–H groups in total. The molecule has 0 fully saturated rings. The van der Waals surface area contributed by atoms with Crippen LogP contribution in [0.1, 0.15) is 26.4 Å². The van der Waals surface area contributed by atoms with Gasteiger partial charge in [-0.05, 0) is 55.5 Å². The largest absolute Gasteiger partial charge is 0.497 e. The first-order chi connectivity index (χ1) is 12.5. The van der Waals surface area contributed by atoms with Crippen LogP contribution in [0.4, 0.5) is 5.69 Å². The molecule has 2 aromatic carbocycles. The van der Waals surface area contributed by atoms with Gasteiger partial charge in [0.1, 0.15) is 5.75 Å². The summed E-state index contributed by atoms with van der Waals surface area (Å²) >= 11 is 0. The highest BCUT2D eigenvalue weighted by Gasteiger charge is 2.13. The van der Waals surface area contributed by atoms with Gasteiger partial charge < -0.3 is 14.8 Å². The van der Waals surface area contributed by atoms with Crippen molar-refractivity contribution in [1.29, 1.82) is 0 Å². The number of carbonyl (C=O) groups is 2. The zero-order chi connectivity index (χ0) is 18.7. The van der Waals surface area contributed by atoms with Crippen LogP contribution in [0.25, 0.3) is 10.9 Å². The van der Waals surface area contributed by atoms with Crippen molar-refractivity contribution in [3.8, 4) is 5.75 Å². The number of methoxy groups -OCH3 is 2. The number of hydrogen-bond acceptors (Lipinski definition) is 5. The van der Waals surface area contributed by atoms with Crippen LogP contribution in [0.15, 0.2) is 48.5 Å². The Bertz CT molecular complexity index is 981. The predicted octanol–water partition coefficient (Wildman–Crippen LogP) is 3.59. The second-order valence-corrected chi connectivity index (χ2v) is 5.70. The standard InChI is InChI=1S/C20H18N2O4/c1-12-17(11-14-10-16(25-2)8-9-18(14)21-12)19(23)22-15-6-4-13(5-7-15)20(24)26-3/h4-11H,1-3H3,(H,22,23). The molecule has 26 heavy (non-hydrogen) atoms. The highest BCUT2D eigenvalue weighted by atomic mass is 16.5. The van der Waals surface area contributed by atoms with E-state index < -0.39 is 5.97 Å². The van der Waals surface area contributed by atoms with Gasteiger partial charge in [0.05, 0.1) is 36.6 Å². The molecule has 1 aromatic heterocycles. The Kier molecular flexibility index (Phi) is 4.84. The van der Waals surface area contributed by atoms with Gasteiger partial charge in [0.25, 0.3) is 5.91 Å². The van der Waals surface area contributed by atoms with Crippen molar-refractivity contribution in [2.75, 3.05) is 19.5 Å². The summed E-state index contributed by atoms with van der Waals surface area (Å²) in [4.78, 5) is 28.6. The minimum Gasteiger partial charge on any atom is -0.497 e. The Labute approximate surface area is 150 Å². The van der Waals surface area contributed by atoms with E-state index in [-0.39, 0.29) is 5.91 Å². The number of nitrogens with zero attached hydrogens (tertiary/aromatic N) is 1. The number of hydrogen-bond donors (Lipinski definition) is 1. The van der Waals surface area contributed by atoms with Crippen molar-refractivity contribution in [2.24, 2.45) is 0 Å². The minimum atomic E-state index is -0.425. The topological polar surface area (TPSA) is 77.5 Å². The zero-order valence-corrected chi connectivity index (χ0v) is 14.7. The second kappa shape index (κ2) is 7.23. The Hall–Kier alpha value is -3.41. The van der Waals surface area contributed by atoms with E-state index in [0.29, 0.717) is 28.3 Å². The fraction of sp³-hybridized carbons (Fsp3) is 0.150. The molecule has 0 atom stereocenters. The number of amides is 1. The Morgan fingerprint density at radius 3 is 2.38 bits per heavy atom. The third-order valence-electron chi connectivity index (χ3n) is 4.02. The number of benzene rings is 2. The van der Waals surface area contributed by atoms with E-state index in [1.54, 1.807) is 44.4 Å². The first-order valence-electron chi connectivity index (χ1n) is 7.97. The first kappa shape index (κ1) is 17.4. The molecule has 6 heteroatoms. The molecule has 0 spiro atoms. The number of esters is 1. The molecule has 6 nitrogen and oxygen atoms in total. The van der Waals surface area contributed by atoms with Crippen LogP contribution >= 0.6 is 0 Å². The van der Waals surface area contributed by atoms with Crippen molar-refractivity contribution in [2.45, 2.75) is 6.92 Å². The number of anilines is 1. The molecule has 0 aliphatic carbocycles. The molecule has 132 valence electrons. The van der Waals surface area contributed by atoms with E-state index in [9.17, 15) is 9.59 Å². The molecule has 0 radical (unpaired) electrons. The monoisotopic (exact) mass is 350 g/mol. The van der Waals surface area contributed by atoms with Gasteiger partial charge in [-0.3, -0.25) is 9.78 Å². The lowest BCUT2D eigenvalue weighted by atomic mass is 10.1. The summed E-state index contributed by atoms with van der Waals surface area (Å²) < 4.78 is 9.88. The number of ether oxygens (including phenoxy) is 2. The number of nitrogens with one attached hydrogen (secondary N) is 1. The van der Waals surface area contributed by atoms with Gasteiger partial charge in [0.2, 0.25) is 0 Å². The van der Waals surface area contributed by atoms with Crippen LogP contribution in [-0.2, 0) is 4.74 Å². The molecule has 3 aromatic rings. The van der Waals surface area contributed by atoms with Crippen molar-refractivity contribution in [1.82, 2.24) is 4.98 Å². The third kappa shape index (κ3) is 3.49. The summed E-state index contributed by atoms with van der Waals surface area (Å²) in [5.41, 5.74) is 2.89. The summed E-state index contributed by atoms with van der Waals surface area (Å²) in [5.74, 6) is 0.00449. The average molecular weight is 350 g/mol. The van der Waals surface area contributed by atoms with Crippen molar-refractivity contribution in [3.05, 3.63) is 65.4 Å². The number of aryl methyl sites for hydroxylation is 1. The van der Waals surface area contributed by atoms with Crippen LogP contribution in [0.3, 0.4) is 0 Å². The molecule has 0 unspecified atom stereocenters. The highest BCUT2D eigenvalue weighted by molar-refractivity contribution is 6.07. The van der Waals surface area contributed by atoms with Crippen LogP contribution < -0.4 is 10.1 Å². The number of pyridine rings is 1. The average Bonchev–Trinajstić information content (AvgIpc) is 2.67. The Balaban J connectivity index is 1.87. The number of aromatic nitrogens is 1. The number of fused-ring (bicyclic) bond motifs is 1. The van der Waals surface area contributed by atoms with Gasteiger partial charge in [-0.1, -0.05) is 0 Å². The maximum Gasteiger partial charge on any atom is 0.337 e. The van der Waals surface area contributed by atoms with Crippen molar-refractivity contribution < 1.29 is 19.1 Å². The van der Waals surface area contributed by atoms with Crippen LogP contribution in [0, 0.1) is 6.92 Å². The van der Waals surface area contributed by atoms with E-state index >= 15 is 0 Å². The maximum atomic E-state index is 12.6. The van der Waals surface area contributed by atoms with E-state index in [2.05, 4.69) is 15.0 Å². The van der Waals surface area contributed by atoms with Gasteiger partial charge >= 0.3 is 5.97 Å². The fourth-order valence-corrected chi connectivity index (χ4v) is 2.61. The smallest absolute Gasteiger partial charge is 0.337 e. The quantitative estimate of drug-likeness (QED) is 0.728. The van der Waals surface area contributed by atoms with Gasteiger partial charge in [-0.2, -0.15) is 0 Å². The first-order valence-corrected chi connectivity index (χ1v) is 7.97. The van der Waals surface area contributed by atoms with Gasteiger partial charge in [0, 0.05) is 11.1 Å². The summed E-state index contributed by atoms with van der Waals surface area (Å²) in [5, 5.41) is 3.63. The molecular weight excluding hydrogens is 332 g/mol. The molecule has 0 aliphatic heterocycles. The lowest BCUT2D eigenvalue weighted by molar-refractivity contribution is 0.0600. The van der Waals surface area contributed by atoms with Crippen LogP contribution in [0.2, 0.25) is 0 Å². The van der Waals surface area contributed by atoms with E-state index in [1.165, 1.54) is 7.11 Å². The van der Waals surface area contributed by atoms with E-state index in [0.717, 1.165) is 10.9 Å². The minimum absolute atomic E-state index is 0.273. The molecular formula is C20H18N2O4. The molecule has 3 rings (SSSR count). The Morgan fingerprint density at radius 1 is 1.00 bits per heavy atom. The fourth-order valence-electron chi connectivity index (χ4n) is 2.61. The van der Waals surface area contributed by atoms with Gasteiger partial charge in [-0.25, -0.2) is 4.79 Å². The molecule has 0 aliphatic rings. The zero-order valence-electron chi connectivity index (χ0n) is 14.7. The van der Waals surface area contributed by atoms with E-state index in [4.69, 9.17) is 4.74 Å². The summed E-state index contributed by atoms with van der Waals surface area (Å²) in [7, 11) is 2.91. The molecule has 0 saturated carbocycles. The highest BCUT2D eigenvalue weighted by Crippen LogP contribution is 2.22. The predicted molar refractivity (Wildman–Crippen MR) is 98.8 cm³/mol. The molecule has 1 amide bonds. The lowest BCUT2D eigenvalue weighted by Gasteiger charge is -2.10. The maximum absolute atomic E-state index is 12.6. The van der Waals surface area contributed by atoms with Gasteiger partial charge in [-0.15, -0.1) is 0 Å². The molecule has 0 bridgehead atoms. The molecule has 0 saturated heterocycles. The molecule has 1 heterocycles. The van der Waals surface area contributed by atoms with Crippen LogP contribution in [0.5, 0.6) is 5.75 Å². The summed E-state index contributed by atoms with van der Waals surface area (Å²) in [6.45, 7) is 1.79. The van der Waals surface area contributed by atoms with Gasteiger partial charge in [0.15, 0.2) is 0 Å². The number of carbonyl (C=O) groups excluding carboxylic acids is 2. The van der Waals surface area contributed by atoms with Crippen LogP contribution in [-0.4, -0.2) is 31.1 Å². The summed E-state index contributed by atoms with van der Waals surface area (Å²) in [6.07, 6.45) is 0.